The smallest absolute Gasteiger partial charge is 0.318 e. The molecule has 0 radical (unpaired) electrons. The lowest BCUT2D eigenvalue weighted by molar-refractivity contribution is 0.0489. The van der Waals surface area contributed by atoms with E-state index in [4.69, 9.17) is 4.74 Å². The molecule has 0 aromatic carbocycles. The van der Waals surface area contributed by atoms with E-state index in [2.05, 4.69) is 49.5 Å². The van der Waals surface area contributed by atoms with E-state index in [1.54, 1.807) is 11.3 Å². The highest BCUT2D eigenvalue weighted by atomic mass is 32.1. The number of amides is 2. The van der Waals surface area contributed by atoms with Crippen molar-refractivity contribution in [1.82, 2.24) is 35.3 Å². The average molecular weight is 499 g/mol. The highest BCUT2D eigenvalue weighted by molar-refractivity contribution is 7.17. The van der Waals surface area contributed by atoms with Crippen LogP contribution in [0.4, 0.5) is 16.4 Å². The summed E-state index contributed by atoms with van der Waals surface area (Å²) < 4.78 is 6.54. The summed E-state index contributed by atoms with van der Waals surface area (Å²) in [6.45, 7) is 8.77. The van der Waals surface area contributed by atoms with E-state index in [0.29, 0.717) is 24.1 Å². The van der Waals surface area contributed by atoms with Gasteiger partial charge in [0.05, 0.1) is 28.0 Å². The number of thiophene rings is 1. The third kappa shape index (κ3) is 4.60. The van der Waals surface area contributed by atoms with Gasteiger partial charge < -0.3 is 25.2 Å². The van der Waals surface area contributed by atoms with Crippen molar-refractivity contribution < 1.29 is 9.53 Å². The van der Waals surface area contributed by atoms with Gasteiger partial charge in [-0.25, -0.2) is 14.8 Å². The highest BCUT2D eigenvalue weighted by Gasteiger charge is 2.44. The molecule has 0 saturated carbocycles. The number of H-pyrrole nitrogens is 1. The van der Waals surface area contributed by atoms with Crippen molar-refractivity contribution in [2.75, 3.05) is 39.2 Å². The van der Waals surface area contributed by atoms with Gasteiger partial charge in [-0.15, -0.1) is 11.3 Å². The van der Waals surface area contributed by atoms with E-state index in [0.717, 1.165) is 59.9 Å². The number of rotatable bonds is 6. The Hall–Kier alpha value is -2.76. The first-order valence-electron chi connectivity index (χ1n) is 12.1. The number of ether oxygens (including phenoxy) is 1. The molecule has 0 unspecified atom stereocenters. The number of anilines is 2. The minimum Gasteiger partial charge on any atom is -0.381 e. The van der Waals surface area contributed by atoms with Crippen molar-refractivity contribution in [2.45, 2.75) is 51.7 Å². The largest absolute Gasteiger partial charge is 0.381 e. The van der Waals surface area contributed by atoms with Gasteiger partial charge in [-0.05, 0) is 65.1 Å². The number of hydrogen-bond donors (Lipinski definition) is 3. The van der Waals surface area contributed by atoms with E-state index < -0.39 is 5.54 Å². The van der Waals surface area contributed by atoms with Crippen LogP contribution >= 0.6 is 11.3 Å². The molecular weight excluding hydrogens is 464 g/mol. The molecule has 1 fully saturated rings. The maximum absolute atomic E-state index is 13.6. The molecule has 5 rings (SSSR count). The van der Waals surface area contributed by atoms with Crippen LogP contribution in [0.25, 0.3) is 10.2 Å². The van der Waals surface area contributed by atoms with E-state index in [9.17, 15) is 4.79 Å². The maximum atomic E-state index is 13.6. The number of hydrogen-bond acceptors (Lipinski definition) is 8. The lowest BCUT2D eigenvalue weighted by Gasteiger charge is -2.37. The van der Waals surface area contributed by atoms with E-state index >= 15 is 0 Å². The summed E-state index contributed by atoms with van der Waals surface area (Å²) in [5.74, 6) is 2.55. The topological polar surface area (TPSA) is 111 Å². The van der Waals surface area contributed by atoms with Crippen molar-refractivity contribution >= 4 is 39.2 Å². The molecule has 5 heterocycles. The van der Waals surface area contributed by atoms with Crippen molar-refractivity contribution in [1.29, 1.82) is 0 Å². The monoisotopic (exact) mass is 498 g/mol. The van der Waals surface area contributed by atoms with Gasteiger partial charge in [0.25, 0.3) is 0 Å². The minimum atomic E-state index is -0.523. The van der Waals surface area contributed by atoms with Crippen molar-refractivity contribution in [3.63, 3.8) is 0 Å². The van der Waals surface area contributed by atoms with Crippen molar-refractivity contribution in [2.24, 2.45) is 5.92 Å². The van der Waals surface area contributed by atoms with Crippen LogP contribution in [-0.4, -0.2) is 75.9 Å². The van der Waals surface area contributed by atoms with Crippen LogP contribution in [0.1, 0.15) is 43.8 Å². The Morgan fingerprint density at radius 3 is 2.83 bits per heavy atom. The van der Waals surface area contributed by atoms with Gasteiger partial charge in [0.1, 0.15) is 5.82 Å². The number of fused-ring (bicyclic) bond motifs is 2. The quantitative estimate of drug-likeness (QED) is 0.476. The van der Waals surface area contributed by atoms with Gasteiger partial charge in [0.2, 0.25) is 0 Å². The van der Waals surface area contributed by atoms with Gasteiger partial charge >= 0.3 is 6.03 Å². The van der Waals surface area contributed by atoms with E-state index in [1.807, 2.05) is 37.4 Å². The Bertz CT molecular complexity index is 1210. The summed E-state index contributed by atoms with van der Waals surface area (Å²) in [7, 11) is 4.10. The molecule has 0 bridgehead atoms. The molecule has 3 aromatic rings. The molecule has 188 valence electrons. The summed E-state index contributed by atoms with van der Waals surface area (Å²) in [4.78, 5) is 26.8. The number of carbonyl (C=O) groups is 1. The number of nitrogens with one attached hydrogen (secondary N) is 3. The molecule has 11 heteroatoms. The molecule has 3 aromatic heterocycles. The first kappa shape index (κ1) is 24.0. The van der Waals surface area contributed by atoms with Gasteiger partial charge in [-0.3, -0.25) is 5.10 Å². The van der Waals surface area contributed by atoms with E-state index in [1.165, 1.54) is 0 Å². The predicted molar refractivity (Wildman–Crippen MR) is 137 cm³/mol. The molecule has 2 aliphatic rings. The van der Waals surface area contributed by atoms with Crippen LogP contribution in [0.15, 0.2) is 11.4 Å². The van der Waals surface area contributed by atoms with Gasteiger partial charge in [-0.2, -0.15) is 5.10 Å². The predicted octanol–water partition coefficient (Wildman–Crippen LogP) is 3.58. The third-order valence-electron chi connectivity index (χ3n) is 7.07. The first-order chi connectivity index (χ1) is 16.7. The van der Waals surface area contributed by atoms with Crippen molar-refractivity contribution in [3.05, 3.63) is 28.5 Å². The molecule has 2 aliphatic heterocycles. The SMILES string of the molecule is Cc1nc(Nc2n[nH]c3c2CN(C(=O)N[C@H](CN(C)C)C2CCOCC2)C3(C)C)c2sccc2n1. The maximum Gasteiger partial charge on any atom is 0.318 e. The number of likely N-dealkylation sites (N-methyl/N-ethyl adjacent to an activating group) is 1. The Kier molecular flexibility index (Phi) is 6.41. The molecule has 2 amide bonds. The zero-order valence-electron chi connectivity index (χ0n) is 21.0. The second-order valence-corrected chi connectivity index (χ2v) is 11.1. The van der Waals surface area contributed by atoms with Crippen LogP contribution in [0, 0.1) is 12.8 Å². The first-order valence-corrected chi connectivity index (χ1v) is 13.0. The Morgan fingerprint density at radius 1 is 1.31 bits per heavy atom. The normalized spacial score (nSPS) is 18.7. The standard InChI is InChI=1S/C24H34N8O2S/c1-14-25-17-8-11-35-19(17)22(26-14)28-21-16-12-32(24(2,3)20(16)29-30-21)23(33)27-18(13-31(4)5)15-6-9-34-10-7-15/h8,11,15,18H,6-7,9-10,12-13H2,1-5H3,(H,27,33)(H2,25,26,28,29,30)/t18-/m1/s1. The summed E-state index contributed by atoms with van der Waals surface area (Å²) in [5.41, 5.74) is 2.32. The van der Waals surface area contributed by atoms with Crippen LogP contribution in [0.2, 0.25) is 0 Å². The molecule has 1 saturated heterocycles. The summed E-state index contributed by atoms with van der Waals surface area (Å²) in [6.07, 6.45) is 1.93. The Balaban J connectivity index is 1.36. The minimum absolute atomic E-state index is 0.0533. The molecule has 3 N–H and O–H groups in total. The fourth-order valence-corrected chi connectivity index (χ4v) is 5.96. The molecule has 0 aliphatic carbocycles. The number of carbonyl (C=O) groups excluding carboxylic acids is 1. The molecule has 10 nitrogen and oxygen atoms in total. The Morgan fingerprint density at radius 2 is 2.09 bits per heavy atom. The average Bonchev–Trinajstić information content (AvgIpc) is 3.50. The number of aromatic nitrogens is 4. The third-order valence-corrected chi connectivity index (χ3v) is 7.98. The molecule has 1 atom stereocenters. The van der Waals surface area contributed by atoms with Crippen LogP contribution < -0.4 is 10.6 Å². The number of aryl methyl sites for hydroxylation is 1. The number of nitrogens with zero attached hydrogens (tertiary/aromatic N) is 5. The lowest BCUT2D eigenvalue weighted by Crippen LogP contribution is -2.54. The lowest BCUT2D eigenvalue weighted by atomic mass is 9.91. The van der Waals surface area contributed by atoms with E-state index in [-0.39, 0.29) is 12.1 Å². The van der Waals surface area contributed by atoms with Gasteiger partial charge in [-0.1, -0.05) is 0 Å². The fraction of sp³-hybridized carbons (Fsp3) is 0.583. The van der Waals surface area contributed by atoms with Gasteiger partial charge in [0.15, 0.2) is 11.6 Å². The summed E-state index contributed by atoms with van der Waals surface area (Å²) in [5, 5.41) is 16.5. The molecule has 35 heavy (non-hydrogen) atoms. The Labute approximate surface area is 209 Å². The zero-order valence-corrected chi connectivity index (χ0v) is 21.8. The highest BCUT2D eigenvalue weighted by Crippen LogP contribution is 2.41. The van der Waals surface area contributed by atoms with Gasteiger partial charge in [0, 0.05) is 31.4 Å². The summed E-state index contributed by atoms with van der Waals surface area (Å²) in [6, 6.07) is 2.01. The summed E-state index contributed by atoms with van der Waals surface area (Å²) >= 11 is 1.60. The molecular formula is C24H34N8O2S. The fourth-order valence-electron chi connectivity index (χ4n) is 5.18. The van der Waals surface area contributed by atoms with Crippen LogP contribution in [0.5, 0.6) is 0 Å². The second kappa shape index (κ2) is 9.36. The zero-order chi connectivity index (χ0) is 24.7. The number of aromatic amines is 1. The number of urea groups is 1. The van der Waals surface area contributed by atoms with Crippen LogP contribution in [0.3, 0.4) is 0 Å². The van der Waals surface area contributed by atoms with Crippen LogP contribution in [-0.2, 0) is 16.8 Å². The second-order valence-electron chi connectivity index (χ2n) is 10.2. The molecule has 0 spiro atoms. The van der Waals surface area contributed by atoms with Crippen molar-refractivity contribution in [3.8, 4) is 0 Å².